The highest BCUT2D eigenvalue weighted by Gasteiger charge is 2.23. The molecule has 0 bridgehead atoms. The lowest BCUT2D eigenvalue weighted by Gasteiger charge is -2.37. The summed E-state index contributed by atoms with van der Waals surface area (Å²) >= 11 is 0. The topological polar surface area (TPSA) is 24.5 Å². The SMILES string of the molecule is COCC(C)N1CCNC(c2ccccc2)C1. The molecule has 1 fully saturated rings. The van der Waals surface area contributed by atoms with Gasteiger partial charge in [0.05, 0.1) is 6.61 Å². The van der Waals surface area contributed by atoms with Crippen molar-refractivity contribution < 1.29 is 4.74 Å². The average Bonchev–Trinajstić information content (AvgIpc) is 2.40. The van der Waals surface area contributed by atoms with E-state index in [-0.39, 0.29) is 0 Å². The minimum absolute atomic E-state index is 0.448. The summed E-state index contributed by atoms with van der Waals surface area (Å²) in [6.07, 6.45) is 0. The fraction of sp³-hybridized carbons (Fsp3) is 0.571. The Hall–Kier alpha value is -0.900. The molecule has 1 aromatic carbocycles. The van der Waals surface area contributed by atoms with Crippen LogP contribution in [-0.4, -0.2) is 44.3 Å². The molecule has 3 nitrogen and oxygen atoms in total. The monoisotopic (exact) mass is 234 g/mol. The number of hydrogen-bond acceptors (Lipinski definition) is 3. The zero-order chi connectivity index (χ0) is 12.1. The summed E-state index contributed by atoms with van der Waals surface area (Å²) in [5.74, 6) is 0. The second-order valence-electron chi connectivity index (χ2n) is 4.72. The van der Waals surface area contributed by atoms with Crippen molar-refractivity contribution in [3.63, 3.8) is 0 Å². The highest BCUT2D eigenvalue weighted by atomic mass is 16.5. The molecule has 1 heterocycles. The molecule has 1 aliphatic rings. The van der Waals surface area contributed by atoms with Gasteiger partial charge in [-0.2, -0.15) is 0 Å². The van der Waals surface area contributed by atoms with Crippen molar-refractivity contribution in [2.24, 2.45) is 0 Å². The molecule has 1 aromatic rings. The zero-order valence-electron chi connectivity index (χ0n) is 10.7. The molecule has 0 saturated carbocycles. The van der Waals surface area contributed by atoms with Crippen molar-refractivity contribution in [2.45, 2.75) is 19.0 Å². The van der Waals surface area contributed by atoms with Gasteiger partial charge in [0.2, 0.25) is 0 Å². The maximum atomic E-state index is 5.24. The largest absolute Gasteiger partial charge is 0.383 e. The highest BCUT2D eigenvalue weighted by Crippen LogP contribution is 2.18. The van der Waals surface area contributed by atoms with Crippen LogP contribution in [0.25, 0.3) is 0 Å². The molecule has 0 radical (unpaired) electrons. The molecular weight excluding hydrogens is 212 g/mol. The Balaban J connectivity index is 1.97. The van der Waals surface area contributed by atoms with E-state index in [4.69, 9.17) is 4.74 Å². The van der Waals surface area contributed by atoms with Gasteiger partial charge in [0.25, 0.3) is 0 Å². The van der Waals surface area contributed by atoms with Gasteiger partial charge < -0.3 is 10.1 Å². The quantitative estimate of drug-likeness (QED) is 0.857. The van der Waals surface area contributed by atoms with E-state index in [1.54, 1.807) is 7.11 Å². The molecule has 1 saturated heterocycles. The van der Waals surface area contributed by atoms with Crippen LogP contribution in [0.2, 0.25) is 0 Å². The van der Waals surface area contributed by atoms with Gasteiger partial charge in [-0.15, -0.1) is 0 Å². The van der Waals surface area contributed by atoms with E-state index in [1.807, 2.05) is 0 Å². The lowest BCUT2D eigenvalue weighted by Crippen LogP contribution is -2.50. The van der Waals surface area contributed by atoms with Crippen LogP contribution in [0.15, 0.2) is 30.3 Å². The smallest absolute Gasteiger partial charge is 0.0615 e. The molecule has 94 valence electrons. The van der Waals surface area contributed by atoms with E-state index in [9.17, 15) is 0 Å². The van der Waals surface area contributed by atoms with Gasteiger partial charge in [-0.3, -0.25) is 4.90 Å². The number of methoxy groups -OCH3 is 1. The predicted molar refractivity (Wildman–Crippen MR) is 70.1 cm³/mol. The standard InChI is InChI=1S/C14H22N2O/c1-12(11-17-2)16-9-8-15-14(10-16)13-6-4-3-5-7-13/h3-7,12,14-15H,8-11H2,1-2H3. The molecule has 1 aliphatic heterocycles. The lowest BCUT2D eigenvalue weighted by molar-refractivity contribution is 0.0784. The number of nitrogens with one attached hydrogen (secondary N) is 1. The first-order chi connectivity index (χ1) is 8.31. The molecule has 1 N–H and O–H groups in total. The van der Waals surface area contributed by atoms with Gasteiger partial charge in [0.15, 0.2) is 0 Å². The Labute approximate surface area is 104 Å². The normalized spacial score (nSPS) is 23.5. The highest BCUT2D eigenvalue weighted by molar-refractivity contribution is 5.19. The third-order valence-electron chi connectivity index (χ3n) is 3.44. The minimum Gasteiger partial charge on any atom is -0.383 e. The Kier molecular flexibility index (Phi) is 4.54. The fourth-order valence-corrected chi connectivity index (χ4v) is 2.43. The van der Waals surface area contributed by atoms with Crippen LogP contribution in [0.5, 0.6) is 0 Å². The van der Waals surface area contributed by atoms with E-state index in [1.165, 1.54) is 5.56 Å². The maximum absolute atomic E-state index is 5.24. The summed E-state index contributed by atoms with van der Waals surface area (Å²) < 4.78 is 5.24. The molecule has 0 aliphatic carbocycles. The molecular formula is C14H22N2O. The summed E-state index contributed by atoms with van der Waals surface area (Å²) in [4.78, 5) is 2.50. The van der Waals surface area contributed by atoms with E-state index < -0.39 is 0 Å². The van der Waals surface area contributed by atoms with E-state index >= 15 is 0 Å². The summed E-state index contributed by atoms with van der Waals surface area (Å²) in [6, 6.07) is 11.6. The van der Waals surface area contributed by atoms with Crippen molar-refractivity contribution in [3.8, 4) is 0 Å². The van der Waals surface area contributed by atoms with Crippen LogP contribution in [0, 0.1) is 0 Å². The third-order valence-corrected chi connectivity index (χ3v) is 3.44. The summed E-state index contributed by atoms with van der Waals surface area (Å²) in [6.45, 7) is 6.26. The van der Waals surface area contributed by atoms with Gasteiger partial charge in [-0.1, -0.05) is 30.3 Å². The average molecular weight is 234 g/mol. The Morgan fingerprint density at radius 1 is 1.41 bits per heavy atom. The molecule has 2 rings (SSSR count). The molecule has 3 heteroatoms. The van der Waals surface area contributed by atoms with E-state index in [0.29, 0.717) is 12.1 Å². The molecule has 0 amide bonds. The first-order valence-corrected chi connectivity index (χ1v) is 6.32. The predicted octanol–water partition coefficient (Wildman–Crippen LogP) is 1.67. The molecule has 2 atom stereocenters. The van der Waals surface area contributed by atoms with Crippen LogP contribution in [0.3, 0.4) is 0 Å². The van der Waals surface area contributed by atoms with Gasteiger partial charge in [0, 0.05) is 38.8 Å². The van der Waals surface area contributed by atoms with Crippen molar-refractivity contribution in [3.05, 3.63) is 35.9 Å². The number of piperazine rings is 1. The number of ether oxygens (including phenoxy) is 1. The molecule has 0 spiro atoms. The zero-order valence-corrected chi connectivity index (χ0v) is 10.7. The van der Waals surface area contributed by atoms with Gasteiger partial charge >= 0.3 is 0 Å². The maximum Gasteiger partial charge on any atom is 0.0615 e. The first-order valence-electron chi connectivity index (χ1n) is 6.32. The van der Waals surface area contributed by atoms with Crippen LogP contribution < -0.4 is 5.32 Å². The first kappa shape index (κ1) is 12.6. The number of rotatable bonds is 4. The molecule has 17 heavy (non-hydrogen) atoms. The number of hydrogen-bond donors (Lipinski definition) is 1. The van der Waals surface area contributed by atoms with Crippen LogP contribution in [0.4, 0.5) is 0 Å². The minimum atomic E-state index is 0.448. The molecule has 0 aromatic heterocycles. The van der Waals surface area contributed by atoms with Crippen molar-refractivity contribution in [1.29, 1.82) is 0 Å². The second kappa shape index (κ2) is 6.15. The Morgan fingerprint density at radius 3 is 2.88 bits per heavy atom. The fourth-order valence-electron chi connectivity index (χ4n) is 2.43. The van der Waals surface area contributed by atoms with Gasteiger partial charge in [-0.25, -0.2) is 0 Å². The van der Waals surface area contributed by atoms with Crippen molar-refractivity contribution >= 4 is 0 Å². The van der Waals surface area contributed by atoms with Crippen LogP contribution in [0.1, 0.15) is 18.5 Å². The summed E-state index contributed by atoms with van der Waals surface area (Å²) in [5, 5.41) is 3.58. The summed E-state index contributed by atoms with van der Waals surface area (Å²) in [7, 11) is 1.77. The van der Waals surface area contributed by atoms with Crippen molar-refractivity contribution in [1.82, 2.24) is 10.2 Å². The molecule has 2 unspecified atom stereocenters. The number of nitrogens with zero attached hydrogens (tertiary/aromatic N) is 1. The van der Waals surface area contributed by atoms with E-state index in [0.717, 1.165) is 26.2 Å². The third kappa shape index (κ3) is 3.28. The Bertz CT molecular complexity index is 328. The lowest BCUT2D eigenvalue weighted by atomic mass is 10.0. The van der Waals surface area contributed by atoms with Crippen LogP contribution in [-0.2, 0) is 4.74 Å². The van der Waals surface area contributed by atoms with Crippen molar-refractivity contribution in [2.75, 3.05) is 33.4 Å². The Morgan fingerprint density at radius 2 is 2.18 bits per heavy atom. The van der Waals surface area contributed by atoms with E-state index in [2.05, 4.69) is 47.5 Å². The summed E-state index contributed by atoms with van der Waals surface area (Å²) in [5.41, 5.74) is 1.38. The van der Waals surface area contributed by atoms with Crippen LogP contribution >= 0.6 is 0 Å². The number of benzene rings is 1. The van der Waals surface area contributed by atoms with Gasteiger partial charge in [-0.05, 0) is 12.5 Å². The van der Waals surface area contributed by atoms with Gasteiger partial charge in [0.1, 0.15) is 0 Å². The second-order valence-corrected chi connectivity index (χ2v) is 4.72.